The molecule has 3 nitrogen and oxygen atoms in total. The molecule has 0 spiro atoms. The summed E-state index contributed by atoms with van der Waals surface area (Å²) in [5.41, 5.74) is 1.80. The zero-order valence-electron chi connectivity index (χ0n) is 18.7. The van der Waals surface area contributed by atoms with Gasteiger partial charge in [0.25, 0.3) is 0 Å². The summed E-state index contributed by atoms with van der Waals surface area (Å²) >= 11 is 0. The highest BCUT2D eigenvalue weighted by atomic mass is 19.4. The molecule has 1 fully saturated rings. The predicted octanol–water partition coefficient (Wildman–Crippen LogP) is 6.76. The third-order valence-corrected chi connectivity index (χ3v) is 5.85. The quantitative estimate of drug-likeness (QED) is 0.269. The van der Waals surface area contributed by atoms with Crippen molar-refractivity contribution in [2.75, 3.05) is 13.1 Å². The van der Waals surface area contributed by atoms with E-state index in [1.165, 1.54) is 24.3 Å². The molecule has 0 amide bonds. The van der Waals surface area contributed by atoms with E-state index in [2.05, 4.69) is 4.90 Å². The molecule has 1 aliphatic rings. The van der Waals surface area contributed by atoms with Crippen molar-refractivity contribution in [3.8, 4) is 16.9 Å². The molecule has 178 valence electrons. The number of rotatable bonds is 8. The third kappa shape index (κ3) is 5.65. The predicted molar refractivity (Wildman–Crippen MR) is 122 cm³/mol. The molecule has 7 heteroatoms. The summed E-state index contributed by atoms with van der Waals surface area (Å²) in [6.45, 7) is 3.82. The number of carbonyl (C=O) groups is 1. The van der Waals surface area contributed by atoms with E-state index in [1.807, 2.05) is 31.2 Å². The molecule has 3 aromatic carbocycles. The second kappa shape index (κ2) is 9.97. The molecule has 34 heavy (non-hydrogen) atoms. The number of carbonyl (C=O) groups excluding carboxylic acids is 1. The van der Waals surface area contributed by atoms with Gasteiger partial charge in [0, 0.05) is 26.1 Å². The number of halogens is 4. The van der Waals surface area contributed by atoms with Gasteiger partial charge < -0.3 is 4.74 Å². The molecule has 3 aromatic rings. The van der Waals surface area contributed by atoms with E-state index < -0.39 is 17.6 Å². The Morgan fingerprint density at radius 3 is 2.21 bits per heavy atom. The minimum absolute atomic E-state index is 0.00149. The molecule has 0 bridgehead atoms. The number of hydrogen-bond acceptors (Lipinski definition) is 3. The van der Waals surface area contributed by atoms with Gasteiger partial charge in [-0.2, -0.15) is 13.2 Å². The lowest BCUT2D eigenvalue weighted by Gasteiger charge is -2.39. The maximum atomic E-state index is 14.4. The van der Waals surface area contributed by atoms with E-state index in [0.717, 1.165) is 23.3 Å². The number of ether oxygens (including phenoxy) is 1. The molecule has 0 radical (unpaired) electrons. The van der Waals surface area contributed by atoms with Gasteiger partial charge in [0.1, 0.15) is 17.7 Å². The van der Waals surface area contributed by atoms with E-state index in [9.17, 15) is 22.4 Å². The Hall–Kier alpha value is -3.19. The van der Waals surface area contributed by atoms with Gasteiger partial charge >= 0.3 is 6.18 Å². The average Bonchev–Trinajstić information content (AvgIpc) is 2.78. The fourth-order valence-corrected chi connectivity index (χ4v) is 3.98. The summed E-state index contributed by atoms with van der Waals surface area (Å²) < 4.78 is 58.4. The molecule has 0 unspecified atom stereocenters. The van der Waals surface area contributed by atoms with Crippen LogP contribution >= 0.6 is 0 Å². The normalized spacial score (nSPS) is 14.6. The molecular weight excluding hydrogens is 446 g/mol. The minimum Gasteiger partial charge on any atom is -0.488 e. The topological polar surface area (TPSA) is 29.5 Å². The second-order valence-electron chi connectivity index (χ2n) is 8.52. The summed E-state index contributed by atoms with van der Waals surface area (Å²) in [7, 11) is 0. The Labute approximate surface area is 196 Å². The smallest absolute Gasteiger partial charge is 0.416 e. The van der Waals surface area contributed by atoms with Crippen molar-refractivity contribution in [1.82, 2.24) is 4.90 Å². The van der Waals surface area contributed by atoms with E-state index in [4.69, 9.17) is 4.74 Å². The monoisotopic (exact) mass is 471 g/mol. The zero-order chi connectivity index (χ0) is 24.3. The second-order valence-corrected chi connectivity index (χ2v) is 8.52. The van der Waals surface area contributed by atoms with Gasteiger partial charge in [0.05, 0.1) is 11.1 Å². The van der Waals surface area contributed by atoms with Gasteiger partial charge in [-0.1, -0.05) is 37.3 Å². The Morgan fingerprint density at radius 2 is 1.62 bits per heavy atom. The van der Waals surface area contributed by atoms with Crippen LogP contribution in [0.15, 0.2) is 66.7 Å². The number of alkyl halides is 3. The van der Waals surface area contributed by atoms with Gasteiger partial charge in [0.2, 0.25) is 0 Å². The van der Waals surface area contributed by atoms with E-state index in [0.29, 0.717) is 43.8 Å². The van der Waals surface area contributed by atoms with Gasteiger partial charge in [-0.15, -0.1) is 0 Å². The maximum Gasteiger partial charge on any atom is 0.416 e. The third-order valence-electron chi connectivity index (χ3n) is 5.85. The summed E-state index contributed by atoms with van der Waals surface area (Å²) in [4.78, 5) is 14.1. The Bertz CT molecular complexity index is 1130. The zero-order valence-corrected chi connectivity index (χ0v) is 18.7. The first kappa shape index (κ1) is 24.0. The molecule has 1 aliphatic heterocycles. The lowest BCUT2D eigenvalue weighted by atomic mass is 10.00. The van der Waals surface area contributed by atoms with Gasteiger partial charge in [0.15, 0.2) is 5.78 Å². The highest BCUT2D eigenvalue weighted by Gasteiger charge is 2.31. The molecule has 1 saturated heterocycles. The maximum absolute atomic E-state index is 14.4. The van der Waals surface area contributed by atoms with Crippen LogP contribution in [0.25, 0.3) is 11.1 Å². The van der Waals surface area contributed by atoms with Crippen molar-refractivity contribution in [1.29, 1.82) is 0 Å². The van der Waals surface area contributed by atoms with Crippen molar-refractivity contribution in [3.05, 3.63) is 89.2 Å². The van der Waals surface area contributed by atoms with E-state index in [-0.39, 0.29) is 17.5 Å². The lowest BCUT2D eigenvalue weighted by Crippen LogP contribution is -2.53. The molecule has 1 heterocycles. The number of likely N-dealkylation sites (tertiary alicyclic amines) is 1. The number of nitrogens with zero attached hydrogens (tertiary/aromatic N) is 1. The van der Waals surface area contributed by atoms with Crippen LogP contribution in [0.5, 0.6) is 5.75 Å². The van der Waals surface area contributed by atoms with Crippen molar-refractivity contribution in [3.63, 3.8) is 0 Å². The van der Waals surface area contributed by atoms with Crippen LogP contribution < -0.4 is 4.74 Å². The van der Waals surface area contributed by atoms with Crippen LogP contribution in [0.3, 0.4) is 0 Å². The molecule has 4 rings (SSSR count). The largest absolute Gasteiger partial charge is 0.488 e. The summed E-state index contributed by atoms with van der Waals surface area (Å²) in [5.74, 6) is -0.0137. The van der Waals surface area contributed by atoms with Crippen LogP contribution in [-0.4, -0.2) is 29.9 Å². The number of hydrogen-bond donors (Lipinski definition) is 0. The van der Waals surface area contributed by atoms with Crippen molar-refractivity contribution in [2.24, 2.45) is 0 Å². The fraction of sp³-hybridized carbons (Fsp3) is 0.296. The highest BCUT2D eigenvalue weighted by molar-refractivity contribution is 5.96. The van der Waals surface area contributed by atoms with Crippen LogP contribution in [0.1, 0.15) is 41.3 Å². The first-order valence-electron chi connectivity index (χ1n) is 11.2. The standard InChI is InChI=1S/C27H25F4NO2/c1-2-3-26(33)24-13-8-20(14-25(24)28)19-6-11-22(12-7-19)34-23-16-32(17-23)15-18-4-9-21(10-5-18)27(29,30)31/h4-14,23H,2-3,15-17H2,1H3. The van der Waals surface area contributed by atoms with Crippen molar-refractivity contribution in [2.45, 2.75) is 38.6 Å². The molecule has 0 atom stereocenters. The van der Waals surface area contributed by atoms with Gasteiger partial charge in [-0.3, -0.25) is 9.69 Å². The highest BCUT2D eigenvalue weighted by Crippen LogP contribution is 2.30. The number of ketones is 1. The molecule has 0 saturated carbocycles. The summed E-state index contributed by atoms with van der Waals surface area (Å²) in [6.07, 6.45) is -3.32. The SMILES string of the molecule is CCCC(=O)c1ccc(-c2ccc(OC3CN(Cc4ccc(C(F)(F)F)cc4)C3)cc2)cc1F. The Kier molecular flexibility index (Phi) is 7.03. The van der Waals surface area contributed by atoms with Gasteiger partial charge in [-0.25, -0.2) is 4.39 Å². The molecule has 0 aromatic heterocycles. The van der Waals surface area contributed by atoms with Crippen LogP contribution in [0.4, 0.5) is 17.6 Å². The van der Waals surface area contributed by atoms with E-state index in [1.54, 1.807) is 6.07 Å². The summed E-state index contributed by atoms with van der Waals surface area (Å²) in [6, 6.07) is 17.2. The van der Waals surface area contributed by atoms with Gasteiger partial charge in [-0.05, 0) is 59.5 Å². The Balaban J connectivity index is 1.29. The Morgan fingerprint density at radius 1 is 0.971 bits per heavy atom. The first-order valence-corrected chi connectivity index (χ1v) is 11.2. The van der Waals surface area contributed by atoms with Crippen molar-refractivity contribution < 1.29 is 27.1 Å². The number of Topliss-reactive ketones (excluding diaryl/α,β-unsaturated/α-hetero) is 1. The average molecular weight is 471 g/mol. The van der Waals surface area contributed by atoms with Crippen LogP contribution in [0.2, 0.25) is 0 Å². The first-order chi connectivity index (χ1) is 16.2. The fourth-order valence-electron chi connectivity index (χ4n) is 3.98. The lowest BCUT2D eigenvalue weighted by molar-refractivity contribution is -0.137. The van der Waals surface area contributed by atoms with Crippen molar-refractivity contribution >= 4 is 5.78 Å². The summed E-state index contributed by atoms with van der Waals surface area (Å²) in [5, 5.41) is 0. The van der Waals surface area contributed by atoms with Crippen LogP contribution in [-0.2, 0) is 12.7 Å². The van der Waals surface area contributed by atoms with Crippen LogP contribution in [0, 0.1) is 5.82 Å². The minimum atomic E-state index is -4.32. The molecule has 0 aliphatic carbocycles. The molecular formula is C27H25F4NO2. The number of benzene rings is 3. The van der Waals surface area contributed by atoms with E-state index >= 15 is 0 Å². The molecule has 0 N–H and O–H groups in total.